The summed E-state index contributed by atoms with van der Waals surface area (Å²) in [5.41, 5.74) is 8.57. The number of aryl methyl sites for hydroxylation is 1. The molecule has 21 heavy (non-hydrogen) atoms. The van der Waals surface area contributed by atoms with Crippen LogP contribution in [0.1, 0.15) is 32.0 Å². The van der Waals surface area contributed by atoms with Crippen LogP contribution in [0.2, 0.25) is 0 Å². The normalized spacial score (nSPS) is 23.2. The van der Waals surface area contributed by atoms with Gasteiger partial charge in [0.15, 0.2) is 0 Å². The molecule has 0 saturated heterocycles. The van der Waals surface area contributed by atoms with Crippen LogP contribution in [0, 0.1) is 5.92 Å². The van der Waals surface area contributed by atoms with Gasteiger partial charge >= 0.3 is 0 Å². The fourth-order valence-corrected chi connectivity index (χ4v) is 3.36. The van der Waals surface area contributed by atoms with Gasteiger partial charge in [0.05, 0.1) is 17.1 Å². The third kappa shape index (κ3) is 3.11. The van der Waals surface area contributed by atoms with Gasteiger partial charge in [-0.1, -0.05) is 12.1 Å². The Hall–Kier alpha value is -1.39. The van der Waals surface area contributed by atoms with Crippen LogP contribution in [0.4, 0.5) is 0 Å². The number of hydrogen-bond acceptors (Lipinski definition) is 3. The third-order valence-electron chi connectivity index (χ3n) is 4.56. The van der Waals surface area contributed by atoms with Gasteiger partial charge in [0.25, 0.3) is 0 Å². The van der Waals surface area contributed by atoms with Crippen molar-refractivity contribution in [3.8, 4) is 0 Å². The number of ether oxygens (including phenoxy) is 1. The average Bonchev–Trinajstić information content (AvgIpc) is 2.74. The Morgan fingerprint density at radius 1 is 1.38 bits per heavy atom. The van der Waals surface area contributed by atoms with Crippen molar-refractivity contribution in [3.63, 3.8) is 0 Å². The van der Waals surface area contributed by atoms with E-state index in [-0.39, 0.29) is 6.04 Å². The maximum Gasteiger partial charge on any atom is 0.111 e. The van der Waals surface area contributed by atoms with Crippen LogP contribution >= 0.6 is 0 Å². The highest BCUT2D eigenvalue weighted by Gasteiger charge is 2.30. The van der Waals surface area contributed by atoms with Crippen molar-refractivity contribution in [2.75, 3.05) is 6.61 Å². The Bertz CT molecular complexity index is 601. The number of nitrogens with two attached hydrogens (primary N) is 1. The molecule has 0 spiro atoms. The van der Waals surface area contributed by atoms with Gasteiger partial charge in [-0.05, 0) is 44.2 Å². The molecule has 2 aromatic rings. The van der Waals surface area contributed by atoms with E-state index in [0.29, 0.717) is 6.10 Å². The highest BCUT2D eigenvalue weighted by molar-refractivity contribution is 5.75. The predicted molar refractivity (Wildman–Crippen MR) is 85.1 cm³/mol. The standard InChI is InChI=1S/C17H25N3O/c1-3-21-14-9-12(10-14)8-13(18)11-17-19-15-6-4-5-7-16(15)20(17)2/h4-7,12-14H,3,8-11,18H2,1-2H3. The fourth-order valence-electron chi connectivity index (χ4n) is 3.36. The van der Waals surface area contributed by atoms with Crippen LogP contribution < -0.4 is 5.73 Å². The molecule has 0 amide bonds. The summed E-state index contributed by atoms with van der Waals surface area (Å²) in [6, 6.07) is 8.43. The zero-order valence-corrected chi connectivity index (χ0v) is 13.0. The first-order valence-electron chi connectivity index (χ1n) is 7.95. The van der Waals surface area contributed by atoms with E-state index in [9.17, 15) is 0 Å². The predicted octanol–water partition coefficient (Wildman–Crippen LogP) is 2.65. The number of imidazole rings is 1. The smallest absolute Gasteiger partial charge is 0.111 e. The molecule has 1 atom stereocenters. The van der Waals surface area contributed by atoms with Crippen molar-refractivity contribution >= 4 is 11.0 Å². The van der Waals surface area contributed by atoms with Crippen LogP contribution in [-0.2, 0) is 18.2 Å². The second-order valence-electron chi connectivity index (χ2n) is 6.19. The first-order valence-corrected chi connectivity index (χ1v) is 7.95. The van der Waals surface area contributed by atoms with E-state index in [1.54, 1.807) is 0 Å². The van der Waals surface area contributed by atoms with E-state index in [4.69, 9.17) is 15.5 Å². The largest absolute Gasteiger partial charge is 0.378 e. The molecule has 1 unspecified atom stereocenters. The van der Waals surface area contributed by atoms with Crippen LogP contribution in [0.5, 0.6) is 0 Å². The molecule has 0 bridgehead atoms. The lowest BCUT2D eigenvalue weighted by atomic mass is 9.78. The first kappa shape index (κ1) is 14.5. The number of benzene rings is 1. The van der Waals surface area contributed by atoms with Gasteiger partial charge in [-0.25, -0.2) is 4.98 Å². The van der Waals surface area contributed by atoms with Crippen LogP contribution in [0.15, 0.2) is 24.3 Å². The maximum absolute atomic E-state index is 6.33. The van der Waals surface area contributed by atoms with Crippen molar-refractivity contribution in [1.82, 2.24) is 9.55 Å². The molecular weight excluding hydrogens is 262 g/mol. The average molecular weight is 287 g/mol. The maximum atomic E-state index is 6.33. The number of nitrogens with zero attached hydrogens (tertiary/aromatic N) is 2. The number of para-hydroxylation sites is 2. The molecule has 0 aliphatic heterocycles. The van der Waals surface area contributed by atoms with Gasteiger partial charge in [0.2, 0.25) is 0 Å². The molecule has 1 aromatic heterocycles. The molecule has 1 aliphatic carbocycles. The van der Waals surface area contributed by atoms with Gasteiger partial charge in [-0.15, -0.1) is 0 Å². The first-order chi connectivity index (χ1) is 10.2. The molecule has 1 fully saturated rings. The minimum Gasteiger partial charge on any atom is -0.378 e. The van der Waals surface area contributed by atoms with Crippen molar-refractivity contribution in [1.29, 1.82) is 0 Å². The molecule has 1 aromatic carbocycles. The van der Waals surface area contributed by atoms with Crippen LogP contribution in [-0.4, -0.2) is 28.3 Å². The molecule has 0 radical (unpaired) electrons. The van der Waals surface area contributed by atoms with Crippen molar-refractivity contribution < 1.29 is 4.74 Å². The zero-order chi connectivity index (χ0) is 14.8. The SMILES string of the molecule is CCOC1CC(CC(N)Cc2nc3ccccc3n2C)C1. The monoisotopic (exact) mass is 287 g/mol. The minimum atomic E-state index is 0.188. The molecule has 1 saturated carbocycles. The topological polar surface area (TPSA) is 53.1 Å². The summed E-state index contributed by atoms with van der Waals surface area (Å²) in [5.74, 6) is 1.82. The molecular formula is C17H25N3O. The van der Waals surface area contributed by atoms with Crippen molar-refractivity contribution in [2.24, 2.45) is 18.7 Å². The Morgan fingerprint density at radius 3 is 2.86 bits per heavy atom. The molecule has 114 valence electrons. The Balaban J connectivity index is 1.57. The quantitative estimate of drug-likeness (QED) is 0.888. The molecule has 4 heteroatoms. The van der Waals surface area contributed by atoms with Crippen LogP contribution in [0.25, 0.3) is 11.0 Å². The van der Waals surface area contributed by atoms with E-state index >= 15 is 0 Å². The number of hydrogen-bond donors (Lipinski definition) is 1. The molecule has 1 heterocycles. The van der Waals surface area contributed by atoms with Gasteiger partial charge in [-0.2, -0.15) is 0 Å². The van der Waals surface area contributed by atoms with Crippen molar-refractivity contribution in [2.45, 2.75) is 44.8 Å². The molecule has 2 N–H and O–H groups in total. The van der Waals surface area contributed by atoms with E-state index in [1.165, 1.54) is 18.4 Å². The molecule has 1 aliphatic rings. The summed E-state index contributed by atoms with van der Waals surface area (Å²) in [4.78, 5) is 4.71. The summed E-state index contributed by atoms with van der Waals surface area (Å²) >= 11 is 0. The van der Waals surface area contributed by atoms with E-state index in [1.807, 2.05) is 6.07 Å². The molecule has 4 nitrogen and oxygen atoms in total. The Kier molecular flexibility index (Phi) is 4.27. The number of aromatic nitrogens is 2. The lowest BCUT2D eigenvalue weighted by molar-refractivity contribution is -0.0281. The minimum absolute atomic E-state index is 0.188. The second kappa shape index (κ2) is 6.16. The third-order valence-corrected chi connectivity index (χ3v) is 4.56. The second-order valence-corrected chi connectivity index (χ2v) is 6.19. The summed E-state index contributed by atoms with van der Waals surface area (Å²) in [6.07, 6.45) is 4.74. The highest BCUT2D eigenvalue weighted by Crippen LogP contribution is 2.33. The summed E-state index contributed by atoms with van der Waals surface area (Å²) < 4.78 is 7.78. The van der Waals surface area contributed by atoms with E-state index in [2.05, 4.69) is 36.7 Å². The summed E-state index contributed by atoms with van der Waals surface area (Å²) in [5, 5.41) is 0. The summed E-state index contributed by atoms with van der Waals surface area (Å²) in [6.45, 7) is 2.88. The van der Waals surface area contributed by atoms with E-state index < -0.39 is 0 Å². The Labute approximate surface area is 126 Å². The number of rotatable bonds is 6. The van der Waals surface area contributed by atoms with Gasteiger partial charge < -0.3 is 15.0 Å². The van der Waals surface area contributed by atoms with Gasteiger partial charge in [0.1, 0.15) is 5.82 Å². The number of fused-ring (bicyclic) bond motifs is 1. The lowest BCUT2D eigenvalue weighted by Crippen LogP contribution is -2.36. The fraction of sp³-hybridized carbons (Fsp3) is 0.588. The van der Waals surface area contributed by atoms with E-state index in [0.717, 1.165) is 36.7 Å². The van der Waals surface area contributed by atoms with Crippen molar-refractivity contribution in [3.05, 3.63) is 30.1 Å². The zero-order valence-electron chi connectivity index (χ0n) is 13.0. The van der Waals surface area contributed by atoms with Gasteiger partial charge in [-0.3, -0.25) is 0 Å². The van der Waals surface area contributed by atoms with Gasteiger partial charge in [0, 0.05) is 26.1 Å². The van der Waals surface area contributed by atoms with Crippen LogP contribution in [0.3, 0.4) is 0 Å². The summed E-state index contributed by atoms with van der Waals surface area (Å²) in [7, 11) is 2.08. The lowest BCUT2D eigenvalue weighted by Gasteiger charge is -2.36. The highest BCUT2D eigenvalue weighted by atomic mass is 16.5. The molecule has 3 rings (SSSR count). The Morgan fingerprint density at radius 2 is 2.14 bits per heavy atom.